The van der Waals surface area contributed by atoms with Crippen LogP contribution in [0.2, 0.25) is 0 Å². The van der Waals surface area contributed by atoms with E-state index in [0.29, 0.717) is 13.6 Å². The van der Waals surface area contributed by atoms with Crippen molar-refractivity contribution in [3.05, 3.63) is 42.1 Å². The Morgan fingerprint density at radius 2 is 1.36 bits per heavy atom. The van der Waals surface area contributed by atoms with Crippen LogP contribution in [0.15, 0.2) is 36.5 Å². The third-order valence-electron chi connectivity index (χ3n) is 4.97. The van der Waals surface area contributed by atoms with E-state index < -0.39 is 0 Å². The first-order valence-corrected chi connectivity index (χ1v) is 8.05. The zero-order valence-corrected chi connectivity index (χ0v) is 14.0. The SMILES string of the molecule is [Cl-].c1c2c(cc3c1OCO3)-c1cc3cc4c(cc3c[n+]1CC2)OCO4. The van der Waals surface area contributed by atoms with E-state index >= 15 is 0 Å². The molecule has 3 aromatic rings. The smallest absolute Gasteiger partial charge is 0.231 e. The first-order chi connectivity index (χ1) is 11.8. The second-order valence-corrected chi connectivity index (χ2v) is 6.30. The van der Waals surface area contributed by atoms with Crippen LogP contribution < -0.4 is 35.9 Å². The van der Waals surface area contributed by atoms with Gasteiger partial charge in [-0.1, -0.05) is 0 Å². The number of pyridine rings is 1. The number of hydrogen-bond acceptors (Lipinski definition) is 4. The maximum Gasteiger partial charge on any atom is 0.231 e. The molecule has 0 spiro atoms. The van der Waals surface area contributed by atoms with Crippen molar-refractivity contribution in [2.24, 2.45) is 0 Å². The Balaban J connectivity index is 0.00000140. The Bertz CT molecular complexity index is 1030. The molecule has 6 heteroatoms. The first kappa shape index (κ1) is 14.7. The second-order valence-electron chi connectivity index (χ2n) is 6.30. The van der Waals surface area contributed by atoms with Crippen molar-refractivity contribution >= 4 is 10.8 Å². The molecule has 3 aliphatic rings. The summed E-state index contributed by atoms with van der Waals surface area (Å²) in [6, 6.07) is 10.5. The van der Waals surface area contributed by atoms with Gasteiger partial charge in [0.15, 0.2) is 35.7 Å². The van der Waals surface area contributed by atoms with Gasteiger partial charge in [0.05, 0.1) is 5.56 Å². The van der Waals surface area contributed by atoms with Gasteiger partial charge < -0.3 is 31.4 Å². The van der Waals surface area contributed by atoms with Gasteiger partial charge in [0.1, 0.15) is 0 Å². The minimum absolute atomic E-state index is 0. The highest BCUT2D eigenvalue weighted by atomic mass is 35.5. The zero-order valence-electron chi connectivity index (χ0n) is 13.3. The van der Waals surface area contributed by atoms with E-state index in [9.17, 15) is 0 Å². The molecule has 0 unspecified atom stereocenters. The molecular formula is C19H14ClNO4. The number of hydrogen-bond donors (Lipinski definition) is 0. The number of ether oxygens (including phenoxy) is 4. The normalized spacial score (nSPS) is 15.5. The summed E-state index contributed by atoms with van der Waals surface area (Å²) in [7, 11) is 0. The van der Waals surface area contributed by atoms with Crippen molar-refractivity contribution in [1.82, 2.24) is 0 Å². The summed E-state index contributed by atoms with van der Waals surface area (Å²) < 4.78 is 24.4. The average Bonchev–Trinajstić information content (AvgIpc) is 3.24. The largest absolute Gasteiger partial charge is 1.00 e. The number of halogens is 1. The monoisotopic (exact) mass is 355 g/mol. The molecule has 0 fully saturated rings. The fraction of sp³-hybridized carbons (Fsp3) is 0.211. The van der Waals surface area contributed by atoms with Crippen molar-refractivity contribution in [3.8, 4) is 34.3 Å². The predicted molar refractivity (Wildman–Crippen MR) is 85.5 cm³/mol. The lowest BCUT2D eigenvalue weighted by Crippen LogP contribution is -3.00. The Hall–Kier alpha value is -2.66. The lowest BCUT2D eigenvalue weighted by atomic mass is 9.95. The van der Waals surface area contributed by atoms with Gasteiger partial charge in [-0.3, -0.25) is 0 Å². The molecule has 3 aliphatic heterocycles. The van der Waals surface area contributed by atoms with Crippen molar-refractivity contribution in [1.29, 1.82) is 0 Å². The molecule has 4 heterocycles. The summed E-state index contributed by atoms with van der Waals surface area (Å²) in [4.78, 5) is 0. The maximum absolute atomic E-state index is 5.56. The van der Waals surface area contributed by atoms with Crippen LogP contribution in [0.4, 0.5) is 0 Å². The van der Waals surface area contributed by atoms with Gasteiger partial charge in [-0.2, -0.15) is 4.57 Å². The third-order valence-corrected chi connectivity index (χ3v) is 4.97. The lowest BCUT2D eigenvalue weighted by molar-refractivity contribution is -0.686. The third kappa shape index (κ3) is 2.05. The molecule has 126 valence electrons. The van der Waals surface area contributed by atoms with E-state index in [1.807, 2.05) is 0 Å². The number of aryl methyl sites for hydroxylation is 2. The topological polar surface area (TPSA) is 40.8 Å². The summed E-state index contributed by atoms with van der Waals surface area (Å²) in [5, 5.41) is 2.31. The Kier molecular flexibility index (Phi) is 3.03. The molecule has 0 saturated carbocycles. The molecule has 0 aliphatic carbocycles. The van der Waals surface area contributed by atoms with Gasteiger partial charge in [0.25, 0.3) is 0 Å². The molecule has 25 heavy (non-hydrogen) atoms. The summed E-state index contributed by atoms with van der Waals surface area (Å²) in [6.07, 6.45) is 3.18. The lowest BCUT2D eigenvalue weighted by Gasteiger charge is -2.16. The van der Waals surface area contributed by atoms with Crippen LogP contribution in [-0.4, -0.2) is 13.6 Å². The van der Waals surface area contributed by atoms with Crippen LogP contribution in [0.5, 0.6) is 23.0 Å². The molecule has 2 aromatic carbocycles. The highest BCUT2D eigenvalue weighted by Crippen LogP contribution is 2.41. The zero-order chi connectivity index (χ0) is 15.7. The highest BCUT2D eigenvalue weighted by Gasteiger charge is 2.28. The predicted octanol–water partition coefficient (Wildman–Crippen LogP) is -0.188. The molecule has 0 amide bonds. The standard InChI is InChI=1S/C19H14NO4.ClH/c1-2-20-8-13-6-18-17(22-9-23-18)5-12(13)3-15(20)14-7-19-16(4-11(1)14)21-10-24-19;/h3-8H,1-2,9-10H2;1H/q+1;/p-1. The molecule has 0 bridgehead atoms. The second kappa shape index (κ2) is 5.17. The minimum Gasteiger partial charge on any atom is -1.00 e. The number of rotatable bonds is 0. The first-order valence-electron chi connectivity index (χ1n) is 8.05. The van der Waals surface area contributed by atoms with E-state index in [0.717, 1.165) is 46.7 Å². The summed E-state index contributed by atoms with van der Waals surface area (Å²) in [6.45, 7) is 1.55. The minimum atomic E-state index is 0. The van der Waals surface area contributed by atoms with E-state index in [1.165, 1.54) is 16.8 Å². The van der Waals surface area contributed by atoms with E-state index in [2.05, 4.69) is 41.1 Å². The van der Waals surface area contributed by atoms with Crippen molar-refractivity contribution < 1.29 is 35.9 Å². The summed E-state index contributed by atoms with van der Waals surface area (Å²) >= 11 is 0. The Morgan fingerprint density at radius 3 is 2.12 bits per heavy atom. The molecule has 0 N–H and O–H groups in total. The molecule has 1 aromatic heterocycles. The van der Waals surface area contributed by atoms with Crippen LogP contribution in [0.3, 0.4) is 0 Å². The van der Waals surface area contributed by atoms with Gasteiger partial charge in [-0.25, -0.2) is 0 Å². The maximum atomic E-state index is 5.56. The molecule has 0 saturated heterocycles. The van der Waals surface area contributed by atoms with Crippen molar-refractivity contribution in [2.45, 2.75) is 13.0 Å². The van der Waals surface area contributed by atoms with Gasteiger partial charge in [-0.15, -0.1) is 0 Å². The van der Waals surface area contributed by atoms with E-state index in [-0.39, 0.29) is 12.4 Å². The summed E-state index contributed by atoms with van der Waals surface area (Å²) in [5.74, 6) is 3.32. The number of benzene rings is 2. The van der Waals surface area contributed by atoms with Crippen LogP contribution in [0.1, 0.15) is 5.56 Å². The molecule has 6 rings (SSSR count). The van der Waals surface area contributed by atoms with E-state index in [1.54, 1.807) is 0 Å². The Labute approximate surface area is 150 Å². The number of aromatic nitrogens is 1. The number of fused-ring (bicyclic) bond motifs is 6. The van der Waals surface area contributed by atoms with Crippen LogP contribution in [0, 0.1) is 0 Å². The summed E-state index contributed by atoms with van der Waals surface area (Å²) in [5.41, 5.74) is 3.71. The molecule has 0 radical (unpaired) electrons. The van der Waals surface area contributed by atoms with Crippen LogP contribution >= 0.6 is 0 Å². The molecule has 0 atom stereocenters. The fourth-order valence-corrected chi connectivity index (χ4v) is 3.77. The fourth-order valence-electron chi connectivity index (χ4n) is 3.77. The van der Waals surface area contributed by atoms with Crippen molar-refractivity contribution in [2.75, 3.05) is 13.6 Å². The van der Waals surface area contributed by atoms with Crippen LogP contribution in [0.25, 0.3) is 22.0 Å². The molecular weight excluding hydrogens is 342 g/mol. The molecule has 5 nitrogen and oxygen atoms in total. The Morgan fingerprint density at radius 1 is 0.720 bits per heavy atom. The highest BCUT2D eigenvalue weighted by molar-refractivity contribution is 5.88. The van der Waals surface area contributed by atoms with Gasteiger partial charge in [-0.05, 0) is 35.2 Å². The van der Waals surface area contributed by atoms with Crippen LogP contribution in [-0.2, 0) is 13.0 Å². The number of nitrogens with zero attached hydrogens (tertiary/aromatic N) is 1. The quantitative estimate of drug-likeness (QED) is 0.524. The van der Waals surface area contributed by atoms with Gasteiger partial charge >= 0.3 is 0 Å². The van der Waals surface area contributed by atoms with Gasteiger partial charge in [0.2, 0.25) is 19.3 Å². The average molecular weight is 356 g/mol. The van der Waals surface area contributed by atoms with Crippen molar-refractivity contribution in [3.63, 3.8) is 0 Å². The van der Waals surface area contributed by atoms with E-state index in [4.69, 9.17) is 18.9 Å². The van der Waals surface area contributed by atoms with Gasteiger partial charge in [0, 0.05) is 17.9 Å².